The molecule has 118 valence electrons. The van der Waals surface area contributed by atoms with Gasteiger partial charge in [-0.2, -0.15) is 0 Å². The van der Waals surface area contributed by atoms with Crippen LogP contribution in [0.1, 0.15) is 36.8 Å². The number of carbonyl (C=O) groups is 2. The van der Waals surface area contributed by atoms with Crippen LogP contribution in [0.2, 0.25) is 0 Å². The fraction of sp³-hybridized carbons (Fsp3) is 0.529. The molecule has 3 rings (SSSR count). The molecule has 1 heterocycles. The molecule has 22 heavy (non-hydrogen) atoms. The standard InChI is InChI=1S/C17H23N3O2/c21-16(19-17(22)18-15-7-3-4-8-15)12-20-10-9-13-5-1-2-6-14(13)11-20/h1-2,5-6,15H,3-4,7-12H2,(H2,18,19,21,22)/p+1. The number of hydrogen-bond donors (Lipinski definition) is 3. The monoisotopic (exact) mass is 302 g/mol. The number of imide groups is 1. The van der Waals surface area contributed by atoms with Gasteiger partial charge in [-0.1, -0.05) is 37.1 Å². The average Bonchev–Trinajstić information content (AvgIpc) is 2.99. The third-order valence-electron chi connectivity index (χ3n) is 4.66. The lowest BCUT2D eigenvalue weighted by Crippen LogP contribution is -3.13. The molecule has 5 nitrogen and oxygen atoms in total. The first-order chi connectivity index (χ1) is 10.7. The van der Waals surface area contributed by atoms with Crippen LogP contribution in [0.5, 0.6) is 0 Å². The van der Waals surface area contributed by atoms with E-state index in [2.05, 4.69) is 28.8 Å². The molecule has 1 aromatic carbocycles. The highest BCUT2D eigenvalue weighted by Crippen LogP contribution is 2.17. The van der Waals surface area contributed by atoms with Crippen LogP contribution in [0.3, 0.4) is 0 Å². The van der Waals surface area contributed by atoms with Gasteiger partial charge in [-0.3, -0.25) is 10.1 Å². The molecule has 2 aliphatic rings. The van der Waals surface area contributed by atoms with Crippen LogP contribution in [0, 0.1) is 0 Å². The second-order valence-electron chi connectivity index (χ2n) is 6.38. The van der Waals surface area contributed by atoms with Crippen molar-refractivity contribution in [1.82, 2.24) is 10.6 Å². The van der Waals surface area contributed by atoms with E-state index in [0.29, 0.717) is 6.54 Å². The minimum absolute atomic E-state index is 0.190. The van der Waals surface area contributed by atoms with Gasteiger partial charge in [-0.05, 0) is 18.4 Å². The van der Waals surface area contributed by atoms with Gasteiger partial charge in [0.05, 0.1) is 6.54 Å². The van der Waals surface area contributed by atoms with Crippen molar-refractivity contribution in [3.63, 3.8) is 0 Å². The predicted molar refractivity (Wildman–Crippen MR) is 83.5 cm³/mol. The highest BCUT2D eigenvalue weighted by molar-refractivity contribution is 5.94. The van der Waals surface area contributed by atoms with Crippen LogP contribution in [-0.2, 0) is 17.8 Å². The van der Waals surface area contributed by atoms with Crippen LogP contribution in [0.4, 0.5) is 4.79 Å². The van der Waals surface area contributed by atoms with Crippen molar-refractivity contribution in [2.45, 2.75) is 44.7 Å². The van der Waals surface area contributed by atoms with Crippen LogP contribution in [0.15, 0.2) is 24.3 Å². The third kappa shape index (κ3) is 3.85. The van der Waals surface area contributed by atoms with Gasteiger partial charge < -0.3 is 10.2 Å². The fourth-order valence-corrected chi connectivity index (χ4v) is 3.48. The fourth-order valence-electron chi connectivity index (χ4n) is 3.48. The summed E-state index contributed by atoms with van der Waals surface area (Å²) < 4.78 is 0. The summed E-state index contributed by atoms with van der Waals surface area (Å²) in [4.78, 5) is 25.0. The molecule has 1 aliphatic heterocycles. The summed E-state index contributed by atoms with van der Waals surface area (Å²) in [7, 11) is 0. The second-order valence-corrected chi connectivity index (χ2v) is 6.38. The number of urea groups is 1. The summed E-state index contributed by atoms with van der Waals surface area (Å²) in [6, 6.07) is 8.28. The molecule has 1 aromatic rings. The number of fused-ring (bicyclic) bond motifs is 1. The van der Waals surface area contributed by atoms with Gasteiger partial charge in [-0.15, -0.1) is 0 Å². The summed E-state index contributed by atoms with van der Waals surface area (Å²) in [6.07, 6.45) is 5.37. The predicted octanol–water partition coefficient (Wildman–Crippen LogP) is 0.396. The number of nitrogens with one attached hydrogen (secondary N) is 3. The lowest BCUT2D eigenvalue weighted by molar-refractivity contribution is -0.908. The Hall–Kier alpha value is -1.88. The van der Waals surface area contributed by atoms with Crippen molar-refractivity contribution >= 4 is 11.9 Å². The van der Waals surface area contributed by atoms with E-state index >= 15 is 0 Å². The smallest absolute Gasteiger partial charge is 0.321 e. The van der Waals surface area contributed by atoms with Crippen molar-refractivity contribution < 1.29 is 14.5 Å². The topological polar surface area (TPSA) is 62.6 Å². The van der Waals surface area contributed by atoms with Crippen LogP contribution in [-0.4, -0.2) is 31.1 Å². The lowest BCUT2D eigenvalue weighted by Gasteiger charge is -2.25. The molecule has 0 spiro atoms. The Labute approximate surface area is 131 Å². The van der Waals surface area contributed by atoms with Crippen molar-refractivity contribution in [1.29, 1.82) is 0 Å². The zero-order valence-electron chi connectivity index (χ0n) is 12.9. The van der Waals surface area contributed by atoms with E-state index in [1.54, 1.807) is 0 Å². The Bertz CT molecular complexity index is 553. The van der Waals surface area contributed by atoms with Gasteiger partial charge in [-0.25, -0.2) is 4.79 Å². The number of rotatable bonds is 3. The van der Waals surface area contributed by atoms with E-state index in [4.69, 9.17) is 0 Å². The first kappa shape index (κ1) is 15.0. The van der Waals surface area contributed by atoms with Gasteiger partial charge in [0, 0.05) is 18.0 Å². The molecule has 1 saturated carbocycles. The average molecular weight is 302 g/mol. The van der Waals surface area contributed by atoms with E-state index in [0.717, 1.165) is 45.2 Å². The molecule has 3 amide bonds. The molecule has 0 aromatic heterocycles. The van der Waals surface area contributed by atoms with E-state index in [1.807, 2.05) is 6.07 Å². The summed E-state index contributed by atoms with van der Waals surface area (Å²) in [5.74, 6) is -0.190. The van der Waals surface area contributed by atoms with E-state index in [-0.39, 0.29) is 18.0 Å². The number of hydrogen-bond acceptors (Lipinski definition) is 2. The molecular formula is C17H24N3O2+. The van der Waals surface area contributed by atoms with Gasteiger partial charge in [0.25, 0.3) is 5.91 Å². The van der Waals surface area contributed by atoms with Crippen LogP contribution < -0.4 is 15.5 Å². The van der Waals surface area contributed by atoms with Crippen LogP contribution in [0.25, 0.3) is 0 Å². The zero-order chi connectivity index (χ0) is 15.4. The lowest BCUT2D eigenvalue weighted by atomic mass is 10.00. The van der Waals surface area contributed by atoms with E-state index < -0.39 is 0 Å². The molecule has 1 atom stereocenters. The molecule has 5 heteroatoms. The Morgan fingerprint density at radius 2 is 1.86 bits per heavy atom. The minimum atomic E-state index is -0.339. The van der Waals surface area contributed by atoms with E-state index in [9.17, 15) is 9.59 Å². The molecule has 0 saturated heterocycles. The van der Waals surface area contributed by atoms with Crippen molar-refractivity contribution in [3.8, 4) is 0 Å². The largest absolute Gasteiger partial charge is 0.335 e. The van der Waals surface area contributed by atoms with Gasteiger partial charge in [0.2, 0.25) is 0 Å². The highest BCUT2D eigenvalue weighted by atomic mass is 16.2. The maximum absolute atomic E-state index is 12.0. The molecular weight excluding hydrogens is 278 g/mol. The van der Waals surface area contributed by atoms with Gasteiger partial charge in [0.15, 0.2) is 6.54 Å². The number of amides is 3. The maximum Gasteiger partial charge on any atom is 0.321 e. The molecule has 0 radical (unpaired) electrons. The number of benzene rings is 1. The number of carbonyl (C=O) groups excluding carboxylic acids is 2. The zero-order valence-corrected chi connectivity index (χ0v) is 12.9. The molecule has 1 unspecified atom stereocenters. The Morgan fingerprint density at radius 3 is 2.64 bits per heavy atom. The summed E-state index contributed by atoms with van der Waals surface area (Å²) in [5.41, 5.74) is 2.69. The Morgan fingerprint density at radius 1 is 1.14 bits per heavy atom. The Balaban J connectivity index is 1.45. The molecule has 0 bridgehead atoms. The normalized spacial score (nSPS) is 21.2. The maximum atomic E-state index is 12.0. The second kappa shape index (κ2) is 6.92. The van der Waals surface area contributed by atoms with Crippen molar-refractivity contribution in [2.75, 3.05) is 13.1 Å². The first-order valence-corrected chi connectivity index (χ1v) is 8.21. The minimum Gasteiger partial charge on any atom is -0.335 e. The Kier molecular flexibility index (Phi) is 4.73. The van der Waals surface area contributed by atoms with E-state index in [1.165, 1.54) is 16.0 Å². The SMILES string of the molecule is O=C(C[NH+]1CCc2ccccc2C1)NC(=O)NC1CCCC1. The first-order valence-electron chi connectivity index (χ1n) is 8.21. The summed E-state index contributed by atoms with van der Waals surface area (Å²) in [6.45, 7) is 2.15. The highest BCUT2D eigenvalue weighted by Gasteiger charge is 2.23. The molecule has 1 fully saturated rings. The van der Waals surface area contributed by atoms with Gasteiger partial charge >= 0.3 is 6.03 Å². The van der Waals surface area contributed by atoms with Crippen molar-refractivity contribution in [2.24, 2.45) is 0 Å². The van der Waals surface area contributed by atoms with Crippen molar-refractivity contribution in [3.05, 3.63) is 35.4 Å². The van der Waals surface area contributed by atoms with Gasteiger partial charge in [0.1, 0.15) is 6.54 Å². The molecule has 3 N–H and O–H groups in total. The summed E-state index contributed by atoms with van der Waals surface area (Å²) in [5, 5.41) is 5.35. The third-order valence-corrected chi connectivity index (χ3v) is 4.66. The quantitative estimate of drug-likeness (QED) is 0.757. The molecule has 1 aliphatic carbocycles. The van der Waals surface area contributed by atoms with Crippen LogP contribution >= 0.6 is 0 Å². The number of quaternary nitrogens is 1. The summed E-state index contributed by atoms with van der Waals surface area (Å²) >= 11 is 0.